The van der Waals surface area contributed by atoms with Crippen LogP contribution in [0.5, 0.6) is 0 Å². The van der Waals surface area contributed by atoms with Crippen LogP contribution in [0.1, 0.15) is 45.3 Å². The third kappa shape index (κ3) is 2.35. The van der Waals surface area contributed by atoms with Crippen LogP contribution in [0.15, 0.2) is 4.52 Å². The maximum absolute atomic E-state index is 6.10. The molecule has 0 radical (unpaired) electrons. The minimum absolute atomic E-state index is 0.171. The molecule has 0 saturated heterocycles. The predicted molar refractivity (Wildman–Crippen MR) is 56.4 cm³/mol. The van der Waals surface area contributed by atoms with E-state index in [-0.39, 0.29) is 12.0 Å². The summed E-state index contributed by atoms with van der Waals surface area (Å²) >= 11 is 0. The summed E-state index contributed by atoms with van der Waals surface area (Å²) in [4.78, 5) is 4.27. The SMILES string of the molecule is COC(C)C(C)(N)c1noc(C(C)C)n1. The maximum Gasteiger partial charge on any atom is 0.229 e. The molecule has 5 nitrogen and oxygen atoms in total. The molecule has 0 fully saturated rings. The molecule has 2 unspecified atom stereocenters. The first-order valence-electron chi connectivity index (χ1n) is 5.05. The van der Waals surface area contributed by atoms with Crippen LogP contribution < -0.4 is 5.73 Å². The molecule has 0 amide bonds. The fourth-order valence-electron chi connectivity index (χ4n) is 1.12. The third-order valence-corrected chi connectivity index (χ3v) is 2.62. The second kappa shape index (κ2) is 4.28. The van der Waals surface area contributed by atoms with E-state index in [1.165, 1.54) is 0 Å². The number of methoxy groups -OCH3 is 1. The van der Waals surface area contributed by atoms with Crippen molar-refractivity contribution in [1.82, 2.24) is 10.1 Å². The summed E-state index contributed by atoms with van der Waals surface area (Å²) in [5, 5.41) is 3.89. The monoisotopic (exact) mass is 213 g/mol. The van der Waals surface area contributed by atoms with Gasteiger partial charge in [0.1, 0.15) is 5.54 Å². The van der Waals surface area contributed by atoms with Crippen molar-refractivity contribution in [3.63, 3.8) is 0 Å². The molecular formula is C10H19N3O2. The highest BCUT2D eigenvalue weighted by Gasteiger charge is 2.34. The molecule has 1 aromatic heterocycles. The summed E-state index contributed by atoms with van der Waals surface area (Å²) < 4.78 is 10.3. The van der Waals surface area contributed by atoms with E-state index in [2.05, 4.69) is 10.1 Å². The van der Waals surface area contributed by atoms with E-state index in [1.54, 1.807) is 7.11 Å². The molecule has 0 aromatic carbocycles. The van der Waals surface area contributed by atoms with Gasteiger partial charge in [0.2, 0.25) is 5.89 Å². The van der Waals surface area contributed by atoms with Gasteiger partial charge in [0.25, 0.3) is 0 Å². The lowest BCUT2D eigenvalue weighted by Crippen LogP contribution is -2.45. The second-order valence-corrected chi connectivity index (χ2v) is 4.27. The summed E-state index contributed by atoms with van der Waals surface area (Å²) in [5.74, 6) is 1.30. The van der Waals surface area contributed by atoms with E-state index in [1.807, 2.05) is 27.7 Å². The van der Waals surface area contributed by atoms with Gasteiger partial charge in [0.15, 0.2) is 5.82 Å². The molecule has 0 spiro atoms. The maximum atomic E-state index is 6.10. The van der Waals surface area contributed by atoms with Crippen LogP contribution in [0.4, 0.5) is 0 Å². The fraction of sp³-hybridized carbons (Fsp3) is 0.800. The summed E-state index contributed by atoms with van der Waals surface area (Å²) in [7, 11) is 1.61. The Balaban J connectivity index is 2.95. The first-order valence-corrected chi connectivity index (χ1v) is 5.05. The van der Waals surface area contributed by atoms with Gasteiger partial charge in [-0.05, 0) is 13.8 Å². The molecule has 0 aliphatic heterocycles. The Labute approximate surface area is 90.0 Å². The molecule has 0 aliphatic rings. The Morgan fingerprint density at radius 2 is 2.00 bits per heavy atom. The zero-order chi connectivity index (χ0) is 11.6. The second-order valence-electron chi connectivity index (χ2n) is 4.27. The molecule has 0 aliphatic carbocycles. The van der Waals surface area contributed by atoms with Gasteiger partial charge in [-0.2, -0.15) is 4.98 Å². The van der Waals surface area contributed by atoms with Crippen molar-refractivity contribution in [1.29, 1.82) is 0 Å². The summed E-state index contributed by atoms with van der Waals surface area (Å²) in [6.45, 7) is 7.69. The van der Waals surface area contributed by atoms with Crippen molar-refractivity contribution in [2.45, 2.75) is 45.3 Å². The van der Waals surface area contributed by atoms with Crippen molar-refractivity contribution in [3.8, 4) is 0 Å². The summed E-state index contributed by atoms with van der Waals surface area (Å²) in [5.41, 5.74) is 5.36. The van der Waals surface area contributed by atoms with E-state index in [0.29, 0.717) is 11.7 Å². The molecule has 86 valence electrons. The van der Waals surface area contributed by atoms with Gasteiger partial charge in [-0.1, -0.05) is 19.0 Å². The average Bonchev–Trinajstić information content (AvgIpc) is 2.65. The molecule has 1 aromatic rings. The van der Waals surface area contributed by atoms with Crippen molar-refractivity contribution in [2.24, 2.45) is 5.73 Å². The van der Waals surface area contributed by atoms with E-state index in [0.717, 1.165) is 0 Å². The zero-order valence-corrected chi connectivity index (χ0v) is 9.94. The van der Waals surface area contributed by atoms with Crippen LogP contribution in [0.2, 0.25) is 0 Å². The van der Waals surface area contributed by atoms with Gasteiger partial charge in [-0.25, -0.2) is 0 Å². The van der Waals surface area contributed by atoms with Crippen LogP contribution in [0, 0.1) is 0 Å². The number of hydrogen-bond donors (Lipinski definition) is 1. The minimum Gasteiger partial charge on any atom is -0.379 e. The van der Waals surface area contributed by atoms with Gasteiger partial charge in [-0.3, -0.25) is 0 Å². The average molecular weight is 213 g/mol. The topological polar surface area (TPSA) is 74.2 Å². The summed E-state index contributed by atoms with van der Waals surface area (Å²) in [6.07, 6.45) is -0.171. The van der Waals surface area contributed by atoms with E-state index in [4.69, 9.17) is 15.0 Å². The van der Waals surface area contributed by atoms with Crippen molar-refractivity contribution in [2.75, 3.05) is 7.11 Å². The van der Waals surface area contributed by atoms with Crippen LogP contribution in [0.25, 0.3) is 0 Å². The Morgan fingerprint density at radius 1 is 1.40 bits per heavy atom. The van der Waals surface area contributed by atoms with E-state index in [9.17, 15) is 0 Å². The molecule has 1 rings (SSSR count). The quantitative estimate of drug-likeness (QED) is 0.818. The number of nitrogens with zero attached hydrogens (tertiary/aromatic N) is 2. The minimum atomic E-state index is -0.731. The highest BCUT2D eigenvalue weighted by molar-refractivity contribution is 5.05. The van der Waals surface area contributed by atoms with E-state index >= 15 is 0 Å². The lowest BCUT2D eigenvalue weighted by atomic mass is 9.96. The molecule has 1 heterocycles. The predicted octanol–water partition coefficient (Wildman–Crippen LogP) is 1.40. The molecule has 0 bridgehead atoms. The standard InChI is InChI=1S/C10H19N3O2/c1-6(2)8-12-9(13-15-8)10(4,11)7(3)14-5/h6-7H,11H2,1-5H3. The Hall–Kier alpha value is -0.940. The van der Waals surface area contributed by atoms with Crippen LogP contribution in [0.3, 0.4) is 0 Å². The van der Waals surface area contributed by atoms with Gasteiger partial charge >= 0.3 is 0 Å². The zero-order valence-electron chi connectivity index (χ0n) is 9.94. The van der Waals surface area contributed by atoms with Crippen molar-refractivity contribution < 1.29 is 9.26 Å². The van der Waals surface area contributed by atoms with Crippen molar-refractivity contribution in [3.05, 3.63) is 11.7 Å². The number of rotatable bonds is 4. The first-order chi connectivity index (χ1) is 6.89. The fourth-order valence-corrected chi connectivity index (χ4v) is 1.12. The lowest BCUT2D eigenvalue weighted by Gasteiger charge is -2.26. The van der Waals surface area contributed by atoms with Crippen LogP contribution in [-0.2, 0) is 10.3 Å². The van der Waals surface area contributed by atoms with Gasteiger partial charge in [0, 0.05) is 13.0 Å². The summed E-state index contributed by atoms with van der Waals surface area (Å²) in [6, 6.07) is 0. The lowest BCUT2D eigenvalue weighted by molar-refractivity contribution is 0.0505. The van der Waals surface area contributed by atoms with Crippen LogP contribution >= 0.6 is 0 Å². The number of hydrogen-bond acceptors (Lipinski definition) is 5. The van der Waals surface area contributed by atoms with Crippen LogP contribution in [-0.4, -0.2) is 23.4 Å². The molecule has 2 N–H and O–H groups in total. The molecular weight excluding hydrogens is 194 g/mol. The Kier molecular flexibility index (Phi) is 3.46. The Morgan fingerprint density at radius 3 is 2.40 bits per heavy atom. The van der Waals surface area contributed by atoms with Gasteiger partial charge in [0.05, 0.1) is 6.10 Å². The first kappa shape index (κ1) is 12.1. The van der Waals surface area contributed by atoms with Gasteiger partial charge in [-0.15, -0.1) is 0 Å². The van der Waals surface area contributed by atoms with Gasteiger partial charge < -0.3 is 15.0 Å². The third-order valence-electron chi connectivity index (χ3n) is 2.62. The molecule has 15 heavy (non-hydrogen) atoms. The Bertz CT molecular complexity index is 320. The number of nitrogens with two attached hydrogens (primary N) is 1. The highest BCUT2D eigenvalue weighted by atomic mass is 16.5. The smallest absolute Gasteiger partial charge is 0.229 e. The molecule has 5 heteroatoms. The highest BCUT2D eigenvalue weighted by Crippen LogP contribution is 2.22. The van der Waals surface area contributed by atoms with Crippen molar-refractivity contribution >= 4 is 0 Å². The largest absolute Gasteiger partial charge is 0.379 e. The normalized spacial score (nSPS) is 17.8. The molecule has 2 atom stereocenters. The number of aromatic nitrogens is 2. The van der Waals surface area contributed by atoms with E-state index < -0.39 is 5.54 Å². The molecule has 0 saturated carbocycles. The number of ether oxygens (including phenoxy) is 1.